The van der Waals surface area contributed by atoms with Crippen LogP contribution >= 0.6 is 0 Å². The van der Waals surface area contributed by atoms with Crippen molar-refractivity contribution in [2.24, 2.45) is 5.84 Å². The van der Waals surface area contributed by atoms with E-state index in [1.54, 1.807) is 6.26 Å². The van der Waals surface area contributed by atoms with Gasteiger partial charge in [-0.15, -0.1) is 0 Å². The van der Waals surface area contributed by atoms with Crippen LogP contribution in [0.15, 0.2) is 28.9 Å². The summed E-state index contributed by atoms with van der Waals surface area (Å²) < 4.78 is 5.36. The van der Waals surface area contributed by atoms with Crippen molar-refractivity contribution in [1.29, 1.82) is 0 Å². The number of hydrogen-bond donors (Lipinski definition) is 2. The number of rotatable bonds is 5. The predicted molar refractivity (Wildman–Crippen MR) is 68.6 cm³/mol. The van der Waals surface area contributed by atoms with Gasteiger partial charge in [-0.3, -0.25) is 11.3 Å². The fraction of sp³-hybridized carbons (Fsp3) is 0.385. The van der Waals surface area contributed by atoms with Crippen molar-refractivity contribution in [3.8, 4) is 0 Å². The summed E-state index contributed by atoms with van der Waals surface area (Å²) in [5.74, 6) is 6.55. The normalized spacial score (nSPS) is 12.6. The Balaban J connectivity index is 2.28. The topological polar surface area (TPSA) is 77.0 Å². The van der Waals surface area contributed by atoms with E-state index >= 15 is 0 Å². The zero-order valence-electron chi connectivity index (χ0n) is 10.7. The van der Waals surface area contributed by atoms with Crippen LogP contribution in [-0.2, 0) is 12.8 Å². The SMILES string of the molecule is CCc1nnc(C)cc1C(Cc1ccco1)NN. The molecule has 0 radical (unpaired) electrons. The van der Waals surface area contributed by atoms with Gasteiger partial charge in [-0.25, -0.2) is 0 Å². The first-order valence-electron chi connectivity index (χ1n) is 6.06. The van der Waals surface area contributed by atoms with Crippen LogP contribution in [0.5, 0.6) is 0 Å². The van der Waals surface area contributed by atoms with Gasteiger partial charge in [0.25, 0.3) is 0 Å². The van der Waals surface area contributed by atoms with Crippen LogP contribution in [0, 0.1) is 6.92 Å². The lowest BCUT2D eigenvalue weighted by Gasteiger charge is -2.17. The van der Waals surface area contributed by atoms with Crippen molar-refractivity contribution < 1.29 is 4.42 Å². The molecule has 0 spiro atoms. The lowest BCUT2D eigenvalue weighted by Crippen LogP contribution is -2.30. The Morgan fingerprint density at radius 1 is 1.44 bits per heavy atom. The number of nitrogens with zero attached hydrogens (tertiary/aromatic N) is 2. The van der Waals surface area contributed by atoms with Crippen LogP contribution in [0.25, 0.3) is 0 Å². The van der Waals surface area contributed by atoms with Crippen LogP contribution in [-0.4, -0.2) is 10.2 Å². The Labute approximate surface area is 106 Å². The highest BCUT2D eigenvalue weighted by atomic mass is 16.3. The third-order valence-electron chi connectivity index (χ3n) is 2.92. The molecule has 18 heavy (non-hydrogen) atoms. The van der Waals surface area contributed by atoms with Gasteiger partial charge < -0.3 is 4.42 Å². The van der Waals surface area contributed by atoms with E-state index in [1.807, 2.05) is 25.1 Å². The maximum absolute atomic E-state index is 5.66. The van der Waals surface area contributed by atoms with Gasteiger partial charge in [-0.1, -0.05) is 6.92 Å². The van der Waals surface area contributed by atoms with E-state index in [2.05, 4.69) is 22.5 Å². The molecule has 2 aromatic rings. The molecule has 0 aliphatic heterocycles. The molecular formula is C13H18N4O. The molecule has 0 aliphatic rings. The highest BCUT2D eigenvalue weighted by molar-refractivity contribution is 5.26. The van der Waals surface area contributed by atoms with Gasteiger partial charge in [0, 0.05) is 6.42 Å². The van der Waals surface area contributed by atoms with E-state index in [-0.39, 0.29) is 6.04 Å². The number of hydrogen-bond acceptors (Lipinski definition) is 5. The predicted octanol–water partition coefficient (Wildman–Crippen LogP) is 1.69. The van der Waals surface area contributed by atoms with Gasteiger partial charge in [0.2, 0.25) is 0 Å². The van der Waals surface area contributed by atoms with Crippen molar-refractivity contribution in [3.63, 3.8) is 0 Å². The van der Waals surface area contributed by atoms with E-state index in [0.717, 1.165) is 29.1 Å². The number of hydrazine groups is 1. The van der Waals surface area contributed by atoms with Gasteiger partial charge in [0.1, 0.15) is 5.76 Å². The fourth-order valence-corrected chi connectivity index (χ4v) is 2.00. The zero-order valence-corrected chi connectivity index (χ0v) is 10.7. The van der Waals surface area contributed by atoms with Crippen LogP contribution in [0.1, 0.15) is 35.7 Å². The van der Waals surface area contributed by atoms with E-state index in [0.29, 0.717) is 6.42 Å². The maximum atomic E-state index is 5.66. The minimum absolute atomic E-state index is 0.0136. The highest BCUT2D eigenvalue weighted by Gasteiger charge is 2.17. The molecular weight excluding hydrogens is 228 g/mol. The molecule has 0 aliphatic carbocycles. The first-order valence-corrected chi connectivity index (χ1v) is 6.06. The molecule has 5 nitrogen and oxygen atoms in total. The van der Waals surface area contributed by atoms with Crippen molar-refractivity contribution >= 4 is 0 Å². The summed E-state index contributed by atoms with van der Waals surface area (Å²) in [6, 6.07) is 5.83. The van der Waals surface area contributed by atoms with E-state index < -0.39 is 0 Å². The Bertz CT molecular complexity index is 496. The zero-order chi connectivity index (χ0) is 13.0. The van der Waals surface area contributed by atoms with Gasteiger partial charge >= 0.3 is 0 Å². The summed E-state index contributed by atoms with van der Waals surface area (Å²) in [6.45, 7) is 3.99. The average molecular weight is 246 g/mol. The Morgan fingerprint density at radius 3 is 2.89 bits per heavy atom. The first-order chi connectivity index (χ1) is 8.74. The second-order valence-electron chi connectivity index (χ2n) is 4.24. The summed E-state index contributed by atoms with van der Waals surface area (Å²) in [6.07, 6.45) is 3.19. The smallest absolute Gasteiger partial charge is 0.105 e. The minimum atomic E-state index is -0.0136. The van der Waals surface area contributed by atoms with E-state index in [4.69, 9.17) is 10.3 Å². The van der Waals surface area contributed by atoms with Crippen LogP contribution in [0.2, 0.25) is 0 Å². The summed E-state index contributed by atoms with van der Waals surface area (Å²) in [4.78, 5) is 0. The molecule has 0 saturated carbocycles. The van der Waals surface area contributed by atoms with Crippen LogP contribution in [0.4, 0.5) is 0 Å². The molecule has 0 aromatic carbocycles. The lowest BCUT2D eigenvalue weighted by atomic mass is 10.00. The summed E-state index contributed by atoms with van der Waals surface area (Å²) in [7, 11) is 0. The molecule has 0 fully saturated rings. The summed E-state index contributed by atoms with van der Waals surface area (Å²) >= 11 is 0. The molecule has 0 amide bonds. The fourth-order valence-electron chi connectivity index (χ4n) is 2.00. The summed E-state index contributed by atoms with van der Waals surface area (Å²) in [5, 5.41) is 8.30. The molecule has 0 saturated heterocycles. The van der Waals surface area contributed by atoms with Gasteiger partial charge in [-0.05, 0) is 37.1 Å². The molecule has 1 unspecified atom stereocenters. The quantitative estimate of drug-likeness (QED) is 0.620. The van der Waals surface area contributed by atoms with Crippen LogP contribution in [0.3, 0.4) is 0 Å². The molecule has 1 atom stereocenters. The standard InChI is InChI=1S/C13H18N4O/c1-3-12-11(7-9(2)16-17-12)13(15-14)8-10-5-4-6-18-10/h4-7,13,15H,3,8,14H2,1-2H3. The number of furan rings is 1. The number of aromatic nitrogens is 2. The molecule has 2 rings (SSSR count). The largest absolute Gasteiger partial charge is 0.469 e. The third kappa shape index (κ3) is 2.75. The lowest BCUT2D eigenvalue weighted by molar-refractivity contribution is 0.451. The van der Waals surface area contributed by atoms with Crippen molar-refractivity contribution in [2.75, 3.05) is 0 Å². The van der Waals surface area contributed by atoms with Gasteiger partial charge in [0.05, 0.1) is 23.7 Å². The Hall–Kier alpha value is -1.72. The molecule has 5 heteroatoms. The number of nitrogens with two attached hydrogens (primary N) is 1. The molecule has 0 bridgehead atoms. The molecule has 2 aromatic heterocycles. The Kier molecular flexibility index (Phi) is 4.07. The van der Waals surface area contributed by atoms with Crippen molar-refractivity contribution in [2.45, 2.75) is 32.7 Å². The highest BCUT2D eigenvalue weighted by Crippen LogP contribution is 2.21. The molecule has 2 heterocycles. The van der Waals surface area contributed by atoms with Gasteiger partial charge in [0.15, 0.2) is 0 Å². The number of aryl methyl sites for hydroxylation is 2. The van der Waals surface area contributed by atoms with Crippen molar-refractivity contribution in [3.05, 3.63) is 47.2 Å². The van der Waals surface area contributed by atoms with E-state index in [9.17, 15) is 0 Å². The number of nitrogens with one attached hydrogen (secondary N) is 1. The maximum Gasteiger partial charge on any atom is 0.105 e. The molecule has 3 N–H and O–H groups in total. The Morgan fingerprint density at radius 2 is 2.28 bits per heavy atom. The van der Waals surface area contributed by atoms with E-state index in [1.165, 1.54) is 0 Å². The monoisotopic (exact) mass is 246 g/mol. The average Bonchev–Trinajstić information content (AvgIpc) is 2.88. The second-order valence-corrected chi connectivity index (χ2v) is 4.24. The van der Waals surface area contributed by atoms with Gasteiger partial charge in [-0.2, -0.15) is 10.2 Å². The molecule has 96 valence electrons. The first kappa shape index (κ1) is 12.7. The van der Waals surface area contributed by atoms with Crippen LogP contribution < -0.4 is 11.3 Å². The third-order valence-corrected chi connectivity index (χ3v) is 2.92. The second kappa shape index (κ2) is 5.75. The summed E-state index contributed by atoms with van der Waals surface area (Å²) in [5.41, 5.74) is 5.78. The minimum Gasteiger partial charge on any atom is -0.469 e. The van der Waals surface area contributed by atoms with Crippen molar-refractivity contribution in [1.82, 2.24) is 15.6 Å².